The first kappa shape index (κ1) is 29.0. The van der Waals surface area contributed by atoms with Gasteiger partial charge in [0.25, 0.3) is 0 Å². The van der Waals surface area contributed by atoms with Gasteiger partial charge in [-0.15, -0.1) is 0 Å². The molecule has 0 bridgehead atoms. The molecular weight excluding hydrogens is 468 g/mol. The van der Waals surface area contributed by atoms with Gasteiger partial charge in [-0.3, -0.25) is 0 Å². The highest BCUT2D eigenvalue weighted by Crippen LogP contribution is 2.28. The van der Waals surface area contributed by atoms with E-state index in [1.807, 2.05) is 45.1 Å². The number of esters is 1. The lowest BCUT2D eigenvalue weighted by Gasteiger charge is -2.37. The highest BCUT2D eigenvalue weighted by atomic mass is 16.7. The first-order chi connectivity index (χ1) is 16.9. The van der Waals surface area contributed by atoms with Crippen molar-refractivity contribution in [2.75, 3.05) is 7.11 Å². The molecule has 5 atom stereocenters. The molecule has 1 aliphatic rings. The molecule has 0 aromatic heterocycles. The number of aliphatic carboxylic acids is 1. The van der Waals surface area contributed by atoms with Gasteiger partial charge >= 0.3 is 11.9 Å². The second-order valence-electron chi connectivity index (χ2n) is 8.72. The molecule has 0 spiro atoms. The van der Waals surface area contributed by atoms with E-state index in [0.717, 1.165) is 39.7 Å². The highest BCUT2D eigenvalue weighted by Gasteiger charge is 2.48. The molecule has 2 rings (SSSR count). The predicted octanol–water partition coefficient (Wildman–Crippen LogP) is 2.52. The van der Waals surface area contributed by atoms with Crippen LogP contribution in [0.2, 0.25) is 0 Å². The van der Waals surface area contributed by atoms with Crippen molar-refractivity contribution >= 4 is 18.0 Å². The number of carbonyl (C=O) groups is 2. The van der Waals surface area contributed by atoms with Gasteiger partial charge < -0.3 is 34.6 Å². The van der Waals surface area contributed by atoms with Gasteiger partial charge in [0.05, 0.1) is 7.11 Å². The molecule has 3 unspecified atom stereocenters. The molecular formula is C27H34O9. The molecule has 0 aliphatic carbocycles. The predicted molar refractivity (Wildman–Crippen MR) is 133 cm³/mol. The van der Waals surface area contributed by atoms with E-state index in [4.69, 9.17) is 19.3 Å². The zero-order valence-corrected chi connectivity index (χ0v) is 21.3. The maximum Gasteiger partial charge on any atom is 0.335 e. The van der Waals surface area contributed by atoms with Crippen molar-refractivity contribution in [1.82, 2.24) is 0 Å². The van der Waals surface area contributed by atoms with Crippen LogP contribution in [0.3, 0.4) is 0 Å². The number of aryl methyl sites for hydroxylation is 1. The molecule has 196 valence electrons. The first-order valence-corrected chi connectivity index (χ1v) is 11.4. The molecule has 1 heterocycles. The van der Waals surface area contributed by atoms with Gasteiger partial charge in [-0.2, -0.15) is 0 Å². The van der Waals surface area contributed by atoms with Crippen molar-refractivity contribution < 1.29 is 44.2 Å². The number of carboxylic acid groups (broad SMARTS) is 1. The van der Waals surface area contributed by atoms with Crippen LogP contribution in [0.25, 0.3) is 6.08 Å². The van der Waals surface area contributed by atoms with Crippen molar-refractivity contribution in [3.05, 3.63) is 69.8 Å². The molecule has 9 nitrogen and oxygen atoms in total. The number of methoxy groups -OCH3 is 1. The van der Waals surface area contributed by atoms with E-state index in [2.05, 4.69) is 6.92 Å². The number of hydrogen-bond donors (Lipinski definition) is 4. The van der Waals surface area contributed by atoms with Gasteiger partial charge in [0.2, 0.25) is 6.29 Å². The summed E-state index contributed by atoms with van der Waals surface area (Å²) in [5.41, 5.74) is 5.96. The van der Waals surface area contributed by atoms with Crippen LogP contribution >= 0.6 is 0 Å². The minimum Gasteiger partial charge on any atom is -0.496 e. The summed E-state index contributed by atoms with van der Waals surface area (Å²) in [5.74, 6) is -1.61. The van der Waals surface area contributed by atoms with Crippen LogP contribution in [0.1, 0.15) is 36.1 Å². The van der Waals surface area contributed by atoms with Crippen LogP contribution in [0.15, 0.2) is 47.6 Å². The number of hydrogen-bond acceptors (Lipinski definition) is 8. The average molecular weight is 503 g/mol. The number of aliphatic hydroxyl groups excluding tert-OH is 3. The van der Waals surface area contributed by atoms with Crippen molar-refractivity contribution in [2.24, 2.45) is 0 Å². The van der Waals surface area contributed by atoms with E-state index < -0.39 is 42.6 Å². The lowest BCUT2D eigenvalue weighted by atomic mass is 9.96. The third-order valence-electron chi connectivity index (χ3n) is 5.95. The van der Waals surface area contributed by atoms with Crippen LogP contribution in [0.4, 0.5) is 0 Å². The Labute approximate surface area is 210 Å². The van der Waals surface area contributed by atoms with Gasteiger partial charge in [-0.05, 0) is 68.5 Å². The molecule has 0 amide bonds. The van der Waals surface area contributed by atoms with Gasteiger partial charge in [0.1, 0.15) is 24.1 Å². The van der Waals surface area contributed by atoms with Crippen molar-refractivity contribution in [2.45, 2.75) is 65.3 Å². The largest absolute Gasteiger partial charge is 0.496 e. The summed E-state index contributed by atoms with van der Waals surface area (Å²) in [6.07, 6.45) is 1.34. The second kappa shape index (κ2) is 12.6. The quantitative estimate of drug-likeness (QED) is 0.240. The van der Waals surface area contributed by atoms with E-state index >= 15 is 0 Å². The maximum absolute atomic E-state index is 12.2. The molecule has 9 heteroatoms. The molecule has 1 aromatic carbocycles. The monoisotopic (exact) mass is 502 g/mol. The third-order valence-corrected chi connectivity index (χ3v) is 5.95. The molecule has 1 aromatic rings. The SMILES string of the molecule is COc1cc(C)c(/C=C/C(C)=C/C=C/C(C)=C/C(=O)O[C@@H]2OC(C(=O)O)[C@@H](O)C(O)C2O)c(C)c1C. The fourth-order valence-electron chi connectivity index (χ4n) is 3.69. The standard InChI is InChI=1S/C27H34O9/c1-14(10-11-19-16(3)13-20(34-6)18(5)17(19)4)8-7-9-15(2)12-21(28)35-27-24(31)22(29)23(30)25(36-27)26(32)33/h7-13,22-25,27,29-31H,1-6H3,(H,32,33)/b9-7+,11-10+,14-8+,15-12+/t22?,23-,24?,25?,27+/m0/s1. The number of allylic oxidation sites excluding steroid dienone is 6. The maximum atomic E-state index is 12.2. The normalized spacial score (nSPS) is 25.4. The minimum atomic E-state index is -1.86. The Kier molecular flexibility index (Phi) is 10.2. The van der Waals surface area contributed by atoms with Crippen LogP contribution in [-0.4, -0.2) is 70.2 Å². The topological polar surface area (TPSA) is 143 Å². The number of carbonyl (C=O) groups excluding carboxylic acids is 1. The Morgan fingerprint density at radius 2 is 1.64 bits per heavy atom. The van der Waals surface area contributed by atoms with E-state index in [9.17, 15) is 24.9 Å². The van der Waals surface area contributed by atoms with Crippen molar-refractivity contribution in [3.63, 3.8) is 0 Å². The van der Waals surface area contributed by atoms with E-state index in [0.29, 0.717) is 5.57 Å². The molecule has 0 saturated carbocycles. The fraction of sp³-hybridized carbons (Fsp3) is 0.407. The number of aliphatic hydroxyl groups is 3. The molecule has 1 fully saturated rings. The number of carboxylic acids is 1. The lowest BCUT2D eigenvalue weighted by molar-refractivity contribution is -0.284. The van der Waals surface area contributed by atoms with Gasteiger partial charge in [-0.1, -0.05) is 36.0 Å². The molecule has 4 N–H and O–H groups in total. The summed E-state index contributed by atoms with van der Waals surface area (Å²) in [5, 5.41) is 38.5. The molecule has 0 radical (unpaired) electrons. The van der Waals surface area contributed by atoms with Crippen LogP contribution in [0.5, 0.6) is 5.75 Å². The van der Waals surface area contributed by atoms with Crippen LogP contribution < -0.4 is 4.74 Å². The average Bonchev–Trinajstić information content (AvgIpc) is 2.81. The Morgan fingerprint density at radius 1 is 0.972 bits per heavy atom. The Hall–Kier alpha value is -3.24. The van der Waals surface area contributed by atoms with Gasteiger partial charge in [0.15, 0.2) is 6.10 Å². The number of benzene rings is 1. The number of rotatable bonds is 8. The summed E-state index contributed by atoms with van der Waals surface area (Å²) in [4.78, 5) is 23.3. The van der Waals surface area contributed by atoms with Gasteiger partial charge in [-0.25, -0.2) is 9.59 Å². The van der Waals surface area contributed by atoms with Crippen molar-refractivity contribution in [3.8, 4) is 5.75 Å². The second-order valence-corrected chi connectivity index (χ2v) is 8.72. The van der Waals surface area contributed by atoms with Crippen molar-refractivity contribution in [1.29, 1.82) is 0 Å². The summed E-state index contributed by atoms with van der Waals surface area (Å²) in [6.45, 7) is 9.70. The smallest absolute Gasteiger partial charge is 0.335 e. The summed E-state index contributed by atoms with van der Waals surface area (Å²) < 4.78 is 15.3. The molecule has 36 heavy (non-hydrogen) atoms. The number of ether oxygens (including phenoxy) is 3. The highest BCUT2D eigenvalue weighted by molar-refractivity contribution is 5.83. The minimum absolute atomic E-state index is 0.520. The zero-order valence-electron chi connectivity index (χ0n) is 21.3. The van der Waals surface area contributed by atoms with E-state index in [1.165, 1.54) is 0 Å². The Balaban J connectivity index is 2.03. The Morgan fingerprint density at radius 3 is 2.25 bits per heavy atom. The van der Waals surface area contributed by atoms with E-state index in [1.54, 1.807) is 26.2 Å². The lowest BCUT2D eigenvalue weighted by Crippen LogP contribution is -2.60. The summed E-state index contributed by atoms with van der Waals surface area (Å²) >= 11 is 0. The summed E-state index contributed by atoms with van der Waals surface area (Å²) in [6, 6.07) is 2.01. The van der Waals surface area contributed by atoms with Crippen LogP contribution in [0, 0.1) is 20.8 Å². The molecule has 1 aliphatic heterocycles. The van der Waals surface area contributed by atoms with Gasteiger partial charge in [0, 0.05) is 6.08 Å². The van der Waals surface area contributed by atoms with Crippen LogP contribution in [-0.2, 0) is 19.1 Å². The fourth-order valence-corrected chi connectivity index (χ4v) is 3.69. The zero-order chi connectivity index (χ0) is 27.2. The molecule has 1 saturated heterocycles. The third kappa shape index (κ3) is 7.14. The van der Waals surface area contributed by atoms with E-state index in [-0.39, 0.29) is 0 Å². The Bertz CT molecular complexity index is 1100. The summed E-state index contributed by atoms with van der Waals surface area (Å²) in [7, 11) is 1.66. The first-order valence-electron chi connectivity index (χ1n) is 11.4.